The first-order valence-electron chi connectivity index (χ1n) is 9.57. The number of halogens is 1. The average Bonchev–Trinajstić information content (AvgIpc) is 2.73. The Kier molecular flexibility index (Phi) is 6.87. The molecule has 0 bridgehead atoms. The number of rotatable bonds is 7. The Morgan fingerprint density at radius 1 is 1.03 bits per heavy atom. The molecule has 31 heavy (non-hydrogen) atoms. The highest BCUT2D eigenvalue weighted by Crippen LogP contribution is 2.30. The normalized spacial score (nSPS) is 11.2. The molecule has 3 aromatic rings. The molecule has 0 saturated carbocycles. The summed E-state index contributed by atoms with van der Waals surface area (Å²) in [6, 6.07) is 17.9. The molecular formula is C23H23ClN2O4S. The lowest BCUT2D eigenvalue weighted by atomic mass is 10.2. The third-order valence-electron chi connectivity index (χ3n) is 4.80. The maximum Gasteiger partial charge on any atom is 0.264 e. The summed E-state index contributed by atoms with van der Waals surface area (Å²) in [6.07, 6.45) is 0. The first kappa shape index (κ1) is 22.7. The Labute approximate surface area is 187 Å². The minimum Gasteiger partial charge on any atom is -0.508 e. The summed E-state index contributed by atoms with van der Waals surface area (Å²) in [5.74, 6) is -0.400. The summed E-state index contributed by atoms with van der Waals surface area (Å²) >= 11 is 6.22. The summed E-state index contributed by atoms with van der Waals surface area (Å²) in [5, 5.41) is 12.7. The van der Waals surface area contributed by atoms with Crippen LogP contribution in [0.25, 0.3) is 0 Å². The molecule has 2 N–H and O–H groups in total. The van der Waals surface area contributed by atoms with Gasteiger partial charge in [0.2, 0.25) is 5.91 Å². The molecule has 0 aromatic heterocycles. The van der Waals surface area contributed by atoms with Gasteiger partial charge in [-0.3, -0.25) is 9.10 Å². The van der Waals surface area contributed by atoms with Crippen LogP contribution in [0.1, 0.15) is 16.7 Å². The number of anilines is 1. The highest BCUT2D eigenvalue weighted by molar-refractivity contribution is 7.92. The number of carbonyl (C=O) groups is 1. The van der Waals surface area contributed by atoms with Crippen molar-refractivity contribution >= 4 is 33.2 Å². The Morgan fingerprint density at radius 2 is 1.71 bits per heavy atom. The standard InChI is InChI=1S/C23H23ClN2O4S/c1-16-9-11-20(12-10-16)31(29,30)26(22-8-4-7-21(24)17(22)2)15-23(28)25-14-18-5-3-6-19(27)13-18/h3-13,27H,14-15H2,1-2H3,(H,25,28). The first-order chi connectivity index (χ1) is 14.7. The fourth-order valence-electron chi connectivity index (χ4n) is 3.06. The van der Waals surface area contributed by atoms with E-state index in [1.165, 1.54) is 24.3 Å². The first-order valence-corrected chi connectivity index (χ1v) is 11.4. The van der Waals surface area contributed by atoms with E-state index in [0.717, 1.165) is 9.87 Å². The van der Waals surface area contributed by atoms with Gasteiger partial charge in [-0.25, -0.2) is 8.42 Å². The number of hydrogen-bond acceptors (Lipinski definition) is 4. The number of nitrogens with one attached hydrogen (secondary N) is 1. The van der Waals surface area contributed by atoms with E-state index in [9.17, 15) is 18.3 Å². The fourth-order valence-corrected chi connectivity index (χ4v) is 4.70. The molecule has 0 fully saturated rings. The molecule has 0 aliphatic rings. The van der Waals surface area contributed by atoms with Crippen LogP contribution in [0.2, 0.25) is 5.02 Å². The Balaban J connectivity index is 1.91. The molecule has 3 rings (SSSR count). The number of aromatic hydroxyl groups is 1. The SMILES string of the molecule is Cc1ccc(S(=O)(=O)N(CC(=O)NCc2cccc(O)c2)c2cccc(Cl)c2C)cc1. The van der Waals surface area contributed by atoms with E-state index in [4.69, 9.17) is 11.6 Å². The Morgan fingerprint density at radius 3 is 2.39 bits per heavy atom. The van der Waals surface area contributed by atoms with Crippen molar-refractivity contribution in [1.82, 2.24) is 5.32 Å². The van der Waals surface area contributed by atoms with Crippen LogP contribution in [-0.2, 0) is 21.4 Å². The molecule has 3 aromatic carbocycles. The minimum absolute atomic E-state index is 0.0817. The number of nitrogens with zero attached hydrogens (tertiary/aromatic N) is 1. The van der Waals surface area contributed by atoms with Crippen LogP contribution in [0.3, 0.4) is 0 Å². The molecule has 162 valence electrons. The monoisotopic (exact) mass is 458 g/mol. The lowest BCUT2D eigenvalue weighted by Crippen LogP contribution is -2.41. The van der Waals surface area contributed by atoms with E-state index in [1.54, 1.807) is 49.4 Å². The largest absolute Gasteiger partial charge is 0.508 e. The van der Waals surface area contributed by atoms with Crippen LogP contribution < -0.4 is 9.62 Å². The zero-order valence-electron chi connectivity index (χ0n) is 17.2. The van der Waals surface area contributed by atoms with Crippen molar-refractivity contribution < 1.29 is 18.3 Å². The lowest BCUT2D eigenvalue weighted by molar-refractivity contribution is -0.119. The summed E-state index contributed by atoms with van der Waals surface area (Å²) in [4.78, 5) is 12.8. The van der Waals surface area contributed by atoms with E-state index in [2.05, 4.69) is 5.32 Å². The van der Waals surface area contributed by atoms with Crippen LogP contribution in [0.4, 0.5) is 5.69 Å². The van der Waals surface area contributed by atoms with Crippen molar-refractivity contribution in [3.8, 4) is 5.75 Å². The number of phenols is 1. The van der Waals surface area contributed by atoms with Gasteiger partial charge in [0.15, 0.2) is 0 Å². The van der Waals surface area contributed by atoms with Gasteiger partial charge in [-0.05, 0) is 61.4 Å². The highest BCUT2D eigenvalue weighted by atomic mass is 35.5. The van der Waals surface area contributed by atoms with E-state index < -0.39 is 22.5 Å². The van der Waals surface area contributed by atoms with Gasteiger partial charge >= 0.3 is 0 Å². The molecule has 0 aliphatic heterocycles. The smallest absolute Gasteiger partial charge is 0.264 e. The van der Waals surface area contributed by atoms with Gasteiger partial charge in [0.05, 0.1) is 10.6 Å². The predicted molar refractivity (Wildman–Crippen MR) is 122 cm³/mol. The molecule has 0 radical (unpaired) electrons. The number of sulfonamides is 1. The second-order valence-electron chi connectivity index (χ2n) is 7.16. The van der Waals surface area contributed by atoms with Crippen molar-refractivity contribution in [2.75, 3.05) is 10.8 Å². The molecule has 0 heterocycles. The van der Waals surface area contributed by atoms with Crippen LogP contribution in [0.15, 0.2) is 71.6 Å². The third kappa shape index (κ3) is 5.37. The van der Waals surface area contributed by atoms with E-state index >= 15 is 0 Å². The molecule has 0 saturated heterocycles. The number of phenolic OH excluding ortho intramolecular Hbond substituents is 1. The van der Waals surface area contributed by atoms with Crippen LogP contribution in [0.5, 0.6) is 5.75 Å². The minimum atomic E-state index is -4.02. The second kappa shape index (κ2) is 9.41. The van der Waals surface area contributed by atoms with Gasteiger partial charge in [-0.2, -0.15) is 0 Å². The molecule has 0 unspecified atom stereocenters. The highest BCUT2D eigenvalue weighted by Gasteiger charge is 2.28. The Hall–Kier alpha value is -3.03. The maximum atomic E-state index is 13.4. The molecule has 6 nitrogen and oxygen atoms in total. The number of amides is 1. The summed E-state index contributed by atoms with van der Waals surface area (Å²) < 4.78 is 27.9. The van der Waals surface area contributed by atoms with Crippen molar-refractivity contribution in [2.24, 2.45) is 0 Å². The Bertz CT molecular complexity index is 1190. The molecule has 0 aliphatic carbocycles. The fraction of sp³-hybridized carbons (Fsp3) is 0.174. The topological polar surface area (TPSA) is 86.7 Å². The predicted octanol–water partition coefficient (Wildman–Crippen LogP) is 4.17. The summed E-state index contributed by atoms with van der Waals surface area (Å²) in [5.41, 5.74) is 2.51. The second-order valence-corrected chi connectivity index (χ2v) is 9.42. The van der Waals surface area contributed by atoms with E-state index in [1.807, 2.05) is 6.92 Å². The summed E-state index contributed by atoms with van der Waals surface area (Å²) in [7, 11) is -4.02. The van der Waals surface area contributed by atoms with Gasteiger partial charge in [0.1, 0.15) is 12.3 Å². The van der Waals surface area contributed by atoms with Gasteiger partial charge < -0.3 is 10.4 Å². The van der Waals surface area contributed by atoms with Crippen molar-refractivity contribution in [3.05, 3.63) is 88.4 Å². The number of aryl methyl sites for hydroxylation is 1. The van der Waals surface area contributed by atoms with Crippen molar-refractivity contribution in [3.63, 3.8) is 0 Å². The van der Waals surface area contributed by atoms with Crippen molar-refractivity contribution in [1.29, 1.82) is 0 Å². The van der Waals surface area contributed by atoms with Gasteiger partial charge in [-0.1, -0.05) is 47.5 Å². The van der Waals surface area contributed by atoms with Crippen LogP contribution in [0, 0.1) is 13.8 Å². The molecular weight excluding hydrogens is 436 g/mol. The molecule has 0 atom stereocenters. The van der Waals surface area contributed by atoms with Crippen LogP contribution in [-0.4, -0.2) is 26.0 Å². The molecule has 1 amide bonds. The molecule has 0 spiro atoms. The van der Waals surface area contributed by atoms with Crippen LogP contribution >= 0.6 is 11.6 Å². The summed E-state index contributed by atoms with van der Waals surface area (Å²) in [6.45, 7) is 3.31. The van der Waals surface area contributed by atoms with Gasteiger partial charge in [0, 0.05) is 11.6 Å². The lowest BCUT2D eigenvalue weighted by Gasteiger charge is -2.26. The van der Waals surface area contributed by atoms with Gasteiger partial charge in [-0.15, -0.1) is 0 Å². The number of carbonyl (C=O) groups excluding carboxylic acids is 1. The van der Waals surface area contributed by atoms with E-state index in [0.29, 0.717) is 21.8 Å². The number of benzene rings is 3. The molecule has 8 heteroatoms. The zero-order valence-corrected chi connectivity index (χ0v) is 18.7. The zero-order chi connectivity index (χ0) is 22.6. The maximum absolute atomic E-state index is 13.4. The van der Waals surface area contributed by atoms with Crippen molar-refractivity contribution in [2.45, 2.75) is 25.3 Å². The third-order valence-corrected chi connectivity index (χ3v) is 6.99. The van der Waals surface area contributed by atoms with Gasteiger partial charge in [0.25, 0.3) is 10.0 Å². The quantitative estimate of drug-likeness (QED) is 0.556. The number of hydrogen-bond donors (Lipinski definition) is 2. The van der Waals surface area contributed by atoms with E-state index in [-0.39, 0.29) is 17.2 Å². The average molecular weight is 459 g/mol.